The lowest BCUT2D eigenvalue weighted by Crippen LogP contribution is -2.51. The molecule has 2 amide bonds. The minimum atomic E-state index is -0.276. The Morgan fingerprint density at radius 2 is 1.56 bits per heavy atom. The van der Waals surface area contributed by atoms with Crippen molar-refractivity contribution in [3.8, 4) is 0 Å². The van der Waals surface area contributed by atoms with E-state index in [0.29, 0.717) is 43.7 Å². The Balaban J connectivity index is 1.32. The van der Waals surface area contributed by atoms with Crippen LogP contribution < -0.4 is 0 Å². The van der Waals surface area contributed by atoms with Crippen LogP contribution in [0.4, 0.5) is 4.39 Å². The second-order valence-electron chi connectivity index (χ2n) is 9.46. The first-order valence-electron chi connectivity index (χ1n) is 12.1. The lowest BCUT2D eigenvalue weighted by Gasteiger charge is -2.37. The van der Waals surface area contributed by atoms with Gasteiger partial charge in [-0.15, -0.1) is 0 Å². The van der Waals surface area contributed by atoms with Gasteiger partial charge in [0.1, 0.15) is 11.5 Å². The molecule has 2 aliphatic heterocycles. The molecule has 0 N–H and O–H groups in total. The summed E-state index contributed by atoms with van der Waals surface area (Å²) in [5, 5.41) is 0.960. The van der Waals surface area contributed by atoms with Crippen LogP contribution in [0.1, 0.15) is 28.9 Å². The topological polar surface area (TPSA) is 48.8 Å². The van der Waals surface area contributed by atoms with Crippen LogP contribution in [0.2, 0.25) is 0 Å². The zero-order chi connectivity index (χ0) is 23.7. The standard InChI is InChI=1S/C27H31FN4O2/c1-29-14-16-31(17-15-29)26(33)20-10-12-30(13-11-20)27(34)25-18-21-6-3-5-9-24(21)32(25)19-22-7-2-4-8-23(22)28/h2-9,18,20H,10-17,19H2,1H3. The molecule has 178 valence electrons. The summed E-state index contributed by atoms with van der Waals surface area (Å²) in [5.41, 5.74) is 2.02. The van der Waals surface area contributed by atoms with E-state index in [2.05, 4.69) is 11.9 Å². The van der Waals surface area contributed by atoms with Crippen LogP contribution in [0.5, 0.6) is 0 Å². The molecule has 0 atom stereocenters. The highest BCUT2D eigenvalue weighted by Crippen LogP contribution is 2.26. The van der Waals surface area contributed by atoms with Crippen LogP contribution in [-0.2, 0) is 11.3 Å². The molecule has 1 aromatic heterocycles. The highest BCUT2D eigenvalue weighted by Gasteiger charge is 2.32. The molecule has 2 aliphatic rings. The zero-order valence-corrected chi connectivity index (χ0v) is 19.6. The molecule has 0 saturated carbocycles. The molecule has 6 nitrogen and oxygen atoms in total. The van der Waals surface area contributed by atoms with Gasteiger partial charge in [0.05, 0.1) is 6.54 Å². The number of hydrogen-bond acceptors (Lipinski definition) is 3. The second kappa shape index (κ2) is 9.58. The molecule has 0 spiro atoms. The maximum Gasteiger partial charge on any atom is 0.270 e. The number of para-hydroxylation sites is 1. The normalized spacial score (nSPS) is 17.9. The number of likely N-dealkylation sites (N-methyl/N-ethyl adjacent to an activating group) is 1. The number of amides is 2. The summed E-state index contributed by atoms with van der Waals surface area (Å²) >= 11 is 0. The predicted octanol–water partition coefficient (Wildman–Crippen LogP) is 3.45. The van der Waals surface area contributed by atoms with Gasteiger partial charge in [0.25, 0.3) is 5.91 Å². The van der Waals surface area contributed by atoms with Crippen LogP contribution >= 0.6 is 0 Å². The molecule has 0 radical (unpaired) electrons. The van der Waals surface area contributed by atoms with Gasteiger partial charge in [0.2, 0.25) is 5.91 Å². The third-order valence-electron chi connectivity index (χ3n) is 7.26. The Kier molecular flexibility index (Phi) is 6.37. The van der Waals surface area contributed by atoms with Crippen molar-refractivity contribution in [3.05, 3.63) is 71.7 Å². The lowest BCUT2D eigenvalue weighted by molar-refractivity contribution is -0.138. The van der Waals surface area contributed by atoms with E-state index in [-0.39, 0.29) is 23.5 Å². The number of piperidine rings is 1. The first kappa shape index (κ1) is 22.6. The Hall–Kier alpha value is -3.19. The van der Waals surface area contributed by atoms with Gasteiger partial charge in [0, 0.05) is 61.7 Å². The number of rotatable bonds is 4. The average molecular weight is 463 g/mol. The molecule has 34 heavy (non-hydrogen) atoms. The van der Waals surface area contributed by atoms with E-state index < -0.39 is 0 Å². The molecule has 2 aromatic carbocycles. The molecule has 0 bridgehead atoms. The number of piperazine rings is 1. The molecule has 2 saturated heterocycles. The van der Waals surface area contributed by atoms with Crippen LogP contribution in [0.3, 0.4) is 0 Å². The molecule has 2 fully saturated rings. The number of likely N-dealkylation sites (tertiary alicyclic amines) is 1. The van der Waals surface area contributed by atoms with Gasteiger partial charge in [-0.2, -0.15) is 0 Å². The summed E-state index contributed by atoms with van der Waals surface area (Å²) in [6.45, 7) is 4.80. The van der Waals surface area contributed by atoms with E-state index in [1.165, 1.54) is 6.07 Å². The third-order valence-corrected chi connectivity index (χ3v) is 7.26. The summed E-state index contributed by atoms with van der Waals surface area (Å²) < 4.78 is 16.3. The number of hydrogen-bond donors (Lipinski definition) is 0. The number of benzene rings is 2. The fourth-order valence-corrected chi connectivity index (χ4v) is 5.13. The molecule has 0 aliphatic carbocycles. The fraction of sp³-hybridized carbons (Fsp3) is 0.407. The van der Waals surface area contributed by atoms with Crippen molar-refractivity contribution in [2.75, 3.05) is 46.3 Å². The van der Waals surface area contributed by atoms with E-state index in [1.807, 2.05) is 50.8 Å². The molecular formula is C27H31FN4O2. The zero-order valence-electron chi connectivity index (χ0n) is 19.6. The Morgan fingerprint density at radius 1 is 0.882 bits per heavy atom. The van der Waals surface area contributed by atoms with Crippen molar-refractivity contribution in [1.82, 2.24) is 19.3 Å². The molecule has 0 unspecified atom stereocenters. The molecule has 3 aromatic rings. The van der Waals surface area contributed by atoms with E-state index >= 15 is 0 Å². The number of carbonyl (C=O) groups is 2. The minimum absolute atomic E-state index is 0.0169. The second-order valence-corrected chi connectivity index (χ2v) is 9.46. The van der Waals surface area contributed by atoms with Crippen molar-refractivity contribution in [1.29, 1.82) is 0 Å². The van der Waals surface area contributed by atoms with Crippen LogP contribution in [0, 0.1) is 11.7 Å². The summed E-state index contributed by atoms with van der Waals surface area (Å²) in [6, 6.07) is 16.4. The summed E-state index contributed by atoms with van der Waals surface area (Å²) in [6.07, 6.45) is 1.37. The average Bonchev–Trinajstić information content (AvgIpc) is 3.23. The highest BCUT2D eigenvalue weighted by atomic mass is 19.1. The van der Waals surface area contributed by atoms with Crippen molar-refractivity contribution < 1.29 is 14.0 Å². The fourth-order valence-electron chi connectivity index (χ4n) is 5.13. The maximum atomic E-state index is 14.4. The van der Waals surface area contributed by atoms with Crippen LogP contribution in [0.15, 0.2) is 54.6 Å². The summed E-state index contributed by atoms with van der Waals surface area (Å²) in [7, 11) is 2.08. The van der Waals surface area contributed by atoms with Crippen molar-refractivity contribution >= 4 is 22.7 Å². The number of halogens is 1. The number of carbonyl (C=O) groups excluding carboxylic acids is 2. The lowest BCUT2D eigenvalue weighted by atomic mass is 9.94. The monoisotopic (exact) mass is 462 g/mol. The Bertz CT molecular complexity index is 1190. The van der Waals surface area contributed by atoms with Gasteiger partial charge in [-0.1, -0.05) is 36.4 Å². The largest absolute Gasteiger partial charge is 0.340 e. The number of nitrogens with zero attached hydrogens (tertiary/aromatic N) is 4. The van der Waals surface area contributed by atoms with Gasteiger partial charge >= 0.3 is 0 Å². The van der Waals surface area contributed by atoms with Gasteiger partial charge < -0.3 is 19.3 Å². The van der Waals surface area contributed by atoms with E-state index in [9.17, 15) is 14.0 Å². The molecule has 3 heterocycles. The van der Waals surface area contributed by atoms with Crippen LogP contribution in [-0.4, -0.2) is 77.4 Å². The van der Waals surface area contributed by atoms with Gasteiger partial charge in [-0.3, -0.25) is 9.59 Å². The van der Waals surface area contributed by atoms with Gasteiger partial charge in [0.15, 0.2) is 0 Å². The summed E-state index contributed by atoms with van der Waals surface area (Å²) in [5.74, 6) is -0.120. The smallest absolute Gasteiger partial charge is 0.270 e. The quantitative estimate of drug-likeness (QED) is 0.597. The molecular weight excluding hydrogens is 431 g/mol. The Labute approximate surface area is 199 Å². The van der Waals surface area contributed by atoms with Crippen LogP contribution in [0.25, 0.3) is 10.9 Å². The first-order valence-corrected chi connectivity index (χ1v) is 12.1. The highest BCUT2D eigenvalue weighted by molar-refractivity contribution is 5.99. The van der Waals surface area contributed by atoms with E-state index in [0.717, 1.165) is 37.1 Å². The van der Waals surface area contributed by atoms with Gasteiger partial charge in [-0.25, -0.2) is 4.39 Å². The summed E-state index contributed by atoms with van der Waals surface area (Å²) in [4.78, 5) is 32.6. The number of fused-ring (bicyclic) bond motifs is 1. The molecule has 5 rings (SSSR count). The Morgan fingerprint density at radius 3 is 2.29 bits per heavy atom. The minimum Gasteiger partial charge on any atom is -0.340 e. The van der Waals surface area contributed by atoms with Crippen molar-refractivity contribution in [3.63, 3.8) is 0 Å². The van der Waals surface area contributed by atoms with E-state index in [4.69, 9.17) is 0 Å². The third kappa shape index (κ3) is 4.44. The molecule has 7 heteroatoms. The van der Waals surface area contributed by atoms with Crippen molar-refractivity contribution in [2.24, 2.45) is 5.92 Å². The predicted molar refractivity (Wildman–Crippen MR) is 130 cm³/mol. The SMILES string of the molecule is CN1CCN(C(=O)C2CCN(C(=O)c3cc4ccccc4n3Cc3ccccc3F)CC2)CC1. The maximum absolute atomic E-state index is 14.4. The number of aromatic nitrogens is 1. The van der Waals surface area contributed by atoms with E-state index in [1.54, 1.807) is 12.1 Å². The van der Waals surface area contributed by atoms with Gasteiger partial charge in [-0.05, 0) is 38.1 Å². The van der Waals surface area contributed by atoms with Crippen molar-refractivity contribution in [2.45, 2.75) is 19.4 Å². The first-order chi connectivity index (χ1) is 16.5.